The minimum atomic E-state index is -0.732. The van der Waals surface area contributed by atoms with Crippen LogP contribution in [0.5, 0.6) is 0 Å². The van der Waals surface area contributed by atoms with Crippen LogP contribution in [0.4, 0.5) is 0 Å². The zero-order valence-electron chi connectivity index (χ0n) is 10.2. The molecule has 18 heavy (non-hydrogen) atoms. The zero-order valence-corrected chi connectivity index (χ0v) is 10.2. The molecule has 1 aromatic rings. The molecule has 0 heterocycles. The molecule has 1 amide bonds. The lowest BCUT2D eigenvalue weighted by atomic mass is 9.97. The second-order valence-corrected chi connectivity index (χ2v) is 4.70. The summed E-state index contributed by atoms with van der Waals surface area (Å²) in [6.45, 7) is 2.08. The summed E-state index contributed by atoms with van der Waals surface area (Å²) < 4.78 is 0. The van der Waals surface area contributed by atoms with Crippen LogP contribution in [-0.4, -0.2) is 23.0 Å². The number of benzene rings is 1. The number of oxime groups is 1. The van der Waals surface area contributed by atoms with Crippen LogP contribution in [0.1, 0.15) is 24.8 Å². The van der Waals surface area contributed by atoms with E-state index in [1.165, 1.54) is 0 Å². The number of amidine groups is 1. The maximum Gasteiger partial charge on any atom is 0.235 e. The second-order valence-electron chi connectivity index (χ2n) is 4.70. The molecule has 0 spiro atoms. The number of rotatable bonds is 4. The third-order valence-electron chi connectivity index (χ3n) is 3.24. The summed E-state index contributed by atoms with van der Waals surface area (Å²) in [7, 11) is 0. The van der Waals surface area contributed by atoms with E-state index in [9.17, 15) is 4.79 Å². The summed E-state index contributed by atoms with van der Waals surface area (Å²) in [6, 6.07) is 9.29. The maximum atomic E-state index is 12.2. The van der Waals surface area contributed by atoms with Crippen LogP contribution in [-0.2, 0) is 4.79 Å². The molecule has 1 aliphatic rings. The number of amides is 1. The molecule has 0 saturated heterocycles. The molecular weight excluding hydrogens is 230 g/mol. The van der Waals surface area contributed by atoms with Gasteiger partial charge in [-0.2, -0.15) is 0 Å². The molecule has 5 heteroatoms. The van der Waals surface area contributed by atoms with E-state index >= 15 is 0 Å². The third kappa shape index (κ3) is 2.61. The van der Waals surface area contributed by atoms with Crippen LogP contribution in [0.25, 0.3) is 0 Å². The average Bonchev–Trinajstić information content (AvgIpc) is 3.06. The molecule has 1 aromatic carbocycles. The smallest absolute Gasteiger partial charge is 0.235 e. The number of hydrogen-bond acceptors (Lipinski definition) is 3. The van der Waals surface area contributed by atoms with Crippen molar-refractivity contribution in [2.45, 2.75) is 25.3 Å². The van der Waals surface area contributed by atoms with Gasteiger partial charge in [0, 0.05) is 6.04 Å². The van der Waals surface area contributed by atoms with E-state index < -0.39 is 5.92 Å². The Morgan fingerprint density at radius 3 is 2.61 bits per heavy atom. The molecule has 1 saturated carbocycles. The van der Waals surface area contributed by atoms with E-state index in [4.69, 9.17) is 10.9 Å². The van der Waals surface area contributed by atoms with Crippen molar-refractivity contribution < 1.29 is 10.0 Å². The molecule has 96 valence electrons. The van der Waals surface area contributed by atoms with Gasteiger partial charge in [0.25, 0.3) is 0 Å². The topological polar surface area (TPSA) is 87.7 Å². The first-order chi connectivity index (χ1) is 8.63. The Bertz CT molecular complexity index is 459. The number of nitrogens with two attached hydrogens (primary N) is 1. The Balaban J connectivity index is 2.17. The van der Waals surface area contributed by atoms with Crippen molar-refractivity contribution in [3.8, 4) is 0 Å². The molecule has 1 fully saturated rings. The SMILES string of the molecule is CC1CC1NC(=O)C(C(N)=NO)c1ccccc1. The highest BCUT2D eigenvalue weighted by molar-refractivity contribution is 6.07. The summed E-state index contributed by atoms with van der Waals surface area (Å²) in [5, 5.41) is 14.7. The summed E-state index contributed by atoms with van der Waals surface area (Å²) >= 11 is 0. The zero-order chi connectivity index (χ0) is 13.1. The van der Waals surface area contributed by atoms with Crippen LogP contribution >= 0.6 is 0 Å². The average molecular weight is 247 g/mol. The number of carbonyl (C=O) groups excluding carboxylic acids is 1. The third-order valence-corrected chi connectivity index (χ3v) is 3.24. The summed E-state index contributed by atoms with van der Waals surface area (Å²) in [5.74, 6) is -0.528. The standard InChI is InChI=1S/C13H17N3O2/c1-8-7-10(8)15-13(17)11(12(14)16-18)9-5-3-2-4-6-9/h2-6,8,10-11,18H,7H2,1H3,(H2,14,16)(H,15,17). The van der Waals surface area contributed by atoms with E-state index in [2.05, 4.69) is 17.4 Å². The highest BCUT2D eigenvalue weighted by Gasteiger charge is 2.36. The molecule has 0 bridgehead atoms. The molecule has 2 rings (SSSR count). The lowest BCUT2D eigenvalue weighted by molar-refractivity contribution is -0.121. The highest BCUT2D eigenvalue weighted by atomic mass is 16.4. The number of nitrogens with zero attached hydrogens (tertiary/aromatic N) is 1. The van der Waals surface area contributed by atoms with E-state index in [0.29, 0.717) is 5.92 Å². The summed E-state index contributed by atoms with van der Waals surface area (Å²) in [6.07, 6.45) is 0.990. The van der Waals surface area contributed by atoms with E-state index in [1.54, 1.807) is 12.1 Å². The van der Waals surface area contributed by atoms with Gasteiger partial charge in [-0.1, -0.05) is 42.4 Å². The van der Waals surface area contributed by atoms with Gasteiger partial charge >= 0.3 is 0 Å². The van der Waals surface area contributed by atoms with Gasteiger partial charge in [0.1, 0.15) is 5.92 Å². The van der Waals surface area contributed by atoms with Crippen LogP contribution in [0.3, 0.4) is 0 Å². The fraction of sp³-hybridized carbons (Fsp3) is 0.385. The molecule has 3 atom stereocenters. The monoisotopic (exact) mass is 247 g/mol. The van der Waals surface area contributed by atoms with Gasteiger partial charge < -0.3 is 16.3 Å². The van der Waals surface area contributed by atoms with Crippen LogP contribution < -0.4 is 11.1 Å². The maximum absolute atomic E-state index is 12.2. The normalized spacial score (nSPS) is 24.4. The van der Waals surface area contributed by atoms with Gasteiger partial charge in [0.05, 0.1) is 0 Å². The van der Waals surface area contributed by atoms with Gasteiger partial charge in [-0.15, -0.1) is 0 Å². The van der Waals surface area contributed by atoms with Crippen molar-refractivity contribution in [2.75, 3.05) is 0 Å². The molecule has 0 aromatic heterocycles. The Morgan fingerprint density at radius 2 is 2.11 bits per heavy atom. The molecular formula is C13H17N3O2. The lowest BCUT2D eigenvalue weighted by Crippen LogP contribution is -2.38. The predicted octanol–water partition coefficient (Wildman–Crippen LogP) is 1.04. The molecule has 1 aliphatic carbocycles. The van der Waals surface area contributed by atoms with Gasteiger partial charge in [-0.05, 0) is 17.9 Å². The fourth-order valence-electron chi connectivity index (χ4n) is 1.95. The Morgan fingerprint density at radius 1 is 1.50 bits per heavy atom. The first kappa shape index (κ1) is 12.4. The Hall–Kier alpha value is -2.04. The number of nitrogens with one attached hydrogen (secondary N) is 1. The van der Waals surface area contributed by atoms with Crippen molar-refractivity contribution in [3.63, 3.8) is 0 Å². The number of carbonyl (C=O) groups is 1. The number of hydrogen-bond donors (Lipinski definition) is 3. The molecule has 4 N–H and O–H groups in total. The van der Waals surface area contributed by atoms with Crippen molar-refractivity contribution in [1.29, 1.82) is 0 Å². The van der Waals surface area contributed by atoms with Crippen molar-refractivity contribution >= 4 is 11.7 Å². The van der Waals surface area contributed by atoms with Gasteiger partial charge in [0.2, 0.25) is 5.91 Å². The lowest BCUT2D eigenvalue weighted by Gasteiger charge is -2.15. The minimum Gasteiger partial charge on any atom is -0.409 e. The molecule has 3 unspecified atom stereocenters. The molecule has 0 radical (unpaired) electrons. The van der Waals surface area contributed by atoms with Crippen LogP contribution in [0, 0.1) is 5.92 Å². The first-order valence-corrected chi connectivity index (χ1v) is 5.96. The quantitative estimate of drug-likeness (QED) is 0.321. The van der Waals surface area contributed by atoms with Crippen molar-refractivity contribution in [1.82, 2.24) is 5.32 Å². The second kappa shape index (κ2) is 5.08. The summed E-state index contributed by atoms with van der Waals surface area (Å²) in [5.41, 5.74) is 6.34. The van der Waals surface area contributed by atoms with Gasteiger partial charge in [-0.3, -0.25) is 4.79 Å². The highest BCUT2D eigenvalue weighted by Crippen LogP contribution is 2.30. The molecule has 0 aliphatic heterocycles. The molecule has 5 nitrogen and oxygen atoms in total. The minimum absolute atomic E-state index is 0.0907. The van der Waals surface area contributed by atoms with E-state index in [0.717, 1.165) is 12.0 Å². The predicted molar refractivity (Wildman–Crippen MR) is 68.3 cm³/mol. The Labute approximate surface area is 106 Å². The van der Waals surface area contributed by atoms with Crippen molar-refractivity contribution in [2.24, 2.45) is 16.8 Å². The van der Waals surface area contributed by atoms with E-state index in [-0.39, 0.29) is 17.8 Å². The van der Waals surface area contributed by atoms with Crippen LogP contribution in [0.2, 0.25) is 0 Å². The van der Waals surface area contributed by atoms with Gasteiger partial charge in [0.15, 0.2) is 5.84 Å². The largest absolute Gasteiger partial charge is 0.409 e. The van der Waals surface area contributed by atoms with E-state index in [1.807, 2.05) is 18.2 Å². The van der Waals surface area contributed by atoms with Gasteiger partial charge in [-0.25, -0.2) is 0 Å². The summed E-state index contributed by atoms with van der Waals surface area (Å²) in [4.78, 5) is 12.2. The Kier molecular flexibility index (Phi) is 3.50. The fourth-order valence-corrected chi connectivity index (χ4v) is 1.95. The van der Waals surface area contributed by atoms with Crippen molar-refractivity contribution in [3.05, 3.63) is 35.9 Å². The first-order valence-electron chi connectivity index (χ1n) is 5.96. The van der Waals surface area contributed by atoms with Crippen LogP contribution in [0.15, 0.2) is 35.5 Å².